The van der Waals surface area contributed by atoms with Gasteiger partial charge in [0.1, 0.15) is 0 Å². The van der Waals surface area contributed by atoms with Crippen LogP contribution in [0.4, 0.5) is 11.6 Å². The third-order valence-electron chi connectivity index (χ3n) is 5.16. The van der Waals surface area contributed by atoms with Crippen molar-refractivity contribution in [2.75, 3.05) is 37.0 Å². The fourth-order valence-corrected chi connectivity index (χ4v) is 4.16. The molecular formula is C22H23N7O5S. The van der Waals surface area contributed by atoms with E-state index in [0.717, 1.165) is 11.3 Å². The van der Waals surface area contributed by atoms with E-state index < -0.39 is 16.7 Å². The number of carbonyl (C=O) groups excluding carboxylic acids is 2. The van der Waals surface area contributed by atoms with Crippen LogP contribution >= 0.6 is 11.8 Å². The summed E-state index contributed by atoms with van der Waals surface area (Å²) < 4.78 is 7.35. The molecule has 12 nitrogen and oxygen atoms in total. The second kappa shape index (κ2) is 11.0. The van der Waals surface area contributed by atoms with Gasteiger partial charge in [-0.2, -0.15) is 0 Å². The first kappa shape index (κ1) is 24.2. The molecular weight excluding hydrogens is 474 g/mol. The highest BCUT2D eigenvalue weighted by Crippen LogP contribution is 2.27. The number of hydrogen-bond acceptors (Lipinski definition) is 9. The number of nitrogens with one attached hydrogen (secondary N) is 2. The topological polar surface area (TPSA) is 145 Å². The zero-order valence-corrected chi connectivity index (χ0v) is 19.7. The van der Waals surface area contributed by atoms with E-state index in [1.807, 2.05) is 35.8 Å². The first-order valence-electron chi connectivity index (χ1n) is 10.7. The molecule has 1 aliphatic rings. The molecule has 13 heteroatoms. The molecule has 0 saturated carbocycles. The Labute approximate surface area is 204 Å². The van der Waals surface area contributed by atoms with Gasteiger partial charge in [0.25, 0.3) is 11.6 Å². The molecule has 3 aromatic rings. The molecule has 1 aromatic heterocycles. The zero-order chi connectivity index (χ0) is 24.8. The highest BCUT2D eigenvalue weighted by molar-refractivity contribution is 7.99. The van der Waals surface area contributed by atoms with Crippen molar-refractivity contribution in [1.82, 2.24) is 25.6 Å². The van der Waals surface area contributed by atoms with Crippen molar-refractivity contribution in [3.8, 4) is 5.69 Å². The van der Waals surface area contributed by atoms with E-state index in [1.165, 1.54) is 36.0 Å². The Hall–Kier alpha value is -3.97. The molecule has 2 N–H and O–H groups in total. The summed E-state index contributed by atoms with van der Waals surface area (Å²) >= 11 is 1.19. The number of non-ortho nitro benzene ring substituents is 1. The van der Waals surface area contributed by atoms with Gasteiger partial charge in [0.15, 0.2) is 5.16 Å². The molecule has 1 saturated heterocycles. The number of hydrazine groups is 1. The van der Waals surface area contributed by atoms with Crippen LogP contribution in [0.5, 0.6) is 0 Å². The van der Waals surface area contributed by atoms with E-state index in [4.69, 9.17) is 4.74 Å². The summed E-state index contributed by atoms with van der Waals surface area (Å²) in [5.74, 6) is -0.380. The molecule has 0 radical (unpaired) electrons. The first-order chi connectivity index (χ1) is 16.9. The highest BCUT2D eigenvalue weighted by Gasteiger charge is 2.22. The van der Waals surface area contributed by atoms with Gasteiger partial charge in [0, 0.05) is 30.8 Å². The Kier molecular flexibility index (Phi) is 7.57. The van der Waals surface area contributed by atoms with Crippen LogP contribution in [0.2, 0.25) is 0 Å². The SMILES string of the molecule is Cc1cccc(-n2c(SCC(=O)NNC(=O)c3ccc([N+](=O)[O-])cc3)nnc2N2CCOCC2)c1. The average Bonchev–Trinajstić information content (AvgIpc) is 3.30. The summed E-state index contributed by atoms with van der Waals surface area (Å²) in [6.45, 7) is 4.56. The quantitative estimate of drug-likeness (QED) is 0.284. The van der Waals surface area contributed by atoms with Crippen LogP contribution in [0.25, 0.3) is 5.69 Å². The van der Waals surface area contributed by atoms with Gasteiger partial charge >= 0.3 is 0 Å². The number of rotatable bonds is 7. The highest BCUT2D eigenvalue weighted by atomic mass is 32.2. The lowest BCUT2D eigenvalue weighted by atomic mass is 10.2. The van der Waals surface area contributed by atoms with E-state index in [0.29, 0.717) is 37.4 Å². The lowest BCUT2D eigenvalue weighted by Crippen LogP contribution is -2.42. The van der Waals surface area contributed by atoms with Crippen LogP contribution < -0.4 is 15.8 Å². The molecule has 1 fully saturated rings. The standard InChI is InChI=1S/C22H23N7O5S/c1-15-3-2-4-18(13-15)28-21(27-9-11-34-12-10-27)25-26-22(28)35-14-19(30)23-24-20(31)16-5-7-17(8-6-16)29(32)33/h2-8,13H,9-12,14H2,1H3,(H,23,30)(H,24,31). The van der Waals surface area contributed by atoms with Crippen LogP contribution in [0, 0.1) is 17.0 Å². The minimum absolute atomic E-state index is 0.0202. The zero-order valence-electron chi connectivity index (χ0n) is 18.8. The number of nitro groups is 1. The predicted molar refractivity (Wildman–Crippen MR) is 129 cm³/mol. The monoisotopic (exact) mass is 497 g/mol. The number of carbonyl (C=O) groups is 2. The molecule has 182 valence electrons. The van der Waals surface area contributed by atoms with E-state index in [-0.39, 0.29) is 17.0 Å². The Balaban J connectivity index is 1.41. The van der Waals surface area contributed by atoms with Gasteiger partial charge in [-0.05, 0) is 36.8 Å². The normalized spacial score (nSPS) is 13.3. The van der Waals surface area contributed by atoms with E-state index >= 15 is 0 Å². The lowest BCUT2D eigenvalue weighted by molar-refractivity contribution is -0.384. The number of nitro benzene ring substituents is 1. The van der Waals surface area contributed by atoms with E-state index in [2.05, 4.69) is 25.9 Å². The van der Waals surface area contributed by atoms with Crippen molar-refractivity contribution >= 4 is 35.2 Å². The van der Waals surface area contributed by atoms with Gasteiger partial charge in [0.2, 0.25) is 11.9 Å². The van der Waals surface area contributed by atoms with Gasteiger partial charge in [-0.15, -0.1) is 10.2 Å². The van der Waals surface area contributed by atoms with Crippen LogP contribution in [-0.4, -0.2) is 63.6 Å². The molecule has 35 heavy (non-hydrogen) atoms. The Morgan fingerprint density at radius 2 is 1.86 bits per heavy atom. The third-order valence-corrected chi connectivity index (χ3v) is 6.09. The van der Waals surface area contributed by atoms with Gasteiger partial charge in [-0.1, -0.05) is 23.9 Å². The van der Waals surface area contributed by atoms with Gasteiger partial charge in [0.05, 0.1) is 29.6 Å². The van der Waals surface area contributed by atoms with Gasteiger partial charge in [-0.3, -0.25) is 35.1 Å². The summed E-state index contributed by atoms with van der Waals surface area (Å²) in [5.41, 5.74) is 6.66. The minimum atomic E-state index is -0.587. The van der Waals surface area contributed by atoms with Gasteiger partial charge in [-0.25, -0.2) is 0 Å². The number of anilines is 1. The minimum Gasteiger partial charge on any atom is -0.378 e. The number of thioether (sulfide) groups is 1. The number of nitrogens with zero attached hydrogens (tertiary/aromatic N) is 5. The van der Waals surface area contributed by atoms with Crippen molar-refractivity contribution in [2.24, 2.45) is 0 Å². The molecule has 0 unspecified atom stereocenters. The summed E-state index contributed by atoms with van der Waals surface area (Å²) in [5, 5.41) is 19.9. The summed E-state index contributed by atoms with van der Waals surface area (Å²) in [6.07, 6.45) is 0. The molecule has 2 aromatic carbocycles. The number of ether oxygens (including phenoxy) is 1. The smallest absolute Gasteiger partial charge is 0.269 e. The molecule has 2 amide bonds. The Morgan fingerprint density at radius 3 is 2.54 bits per heavy atom. The Morgan fingerprint density at radius 1 is 1.11 bits per heavy atom. The summed E-state index contributed by atoms with van der Waals surface area (Å²) in [7, 11) is 0. The number of morpholine rings is 1. The Bertz CT molecular complexity index is 1230. The van der Waals surface area contributed by atoms with E-state index in [9.17, 15) is 19.7 Å². The number of amides is 2. The second-order valence-corrected chi connectivity index (χ2v) is 8.59. The molecule has 2 heterocycles. The number of benzene rings is 2. The molecule has 0 atom stereocenters. The van der Waals surface area contributed by atoms with Crippen LogP contribution in [-0.2, 0) is 9.53 Å². The fourth-order valence-electron chi connectivity index (χ4n) is 3.42. The molecule has 0 aliphatic carbocycles. The number of hydrogen-bond donors (Lipinski definition) is 2. The maximum absolute atomic E-state index is 12.4. The van der Waals surface area contributed by atoms with Crippen molar-refractivity contribution < 1.29 is 19.2 Å². The molecule has 4 rings (SSSR count). The maximum Gasteiger partial charge on any atom is 0.269 e. The van der Waals surface area contributed by atoms with Crippen LogP contribution in [0.15, 0.2) is 53.7 Å². The van der Waals surface area contributed by atoms with Crippen molar-refractivity contribution in [1.29, 1.82) is 0 Å². The summed E-state index contributed by atoms with van der Waals surface area (Å²) in [6, 6.07) is 13.0. The van der Waals surface area contributed by atoms with Gasteiger partial charge < -0.3 is 9.64 Å². The number of aromatic nitrogens is 3. The lowest BCUT2D eigenvalue weighted by Gasteiger charge is -2.28. The average molecular weight is 498 g/mol. The number of aryl methyl sites for hydroxylation is 1. The van der Waals surface area contributed by atoms with Crippen molar-refractivity contribution in [2.45, 2.75) is 12.1 Å². The third kappa shape index (κ3) is 5.94. The van der Waals surface area contributed by atoms with Crippen molar-refractivity contribution in [3.63, 3.8) is 0 Å². The van der Waals surface area contributed by atoms with E-state index in [1.54, 1.807) is 0 Å². The summed E-state index contributed by atoms with van der Waals surface area (Å²) in [4.78, 5) is 36.9. The second-order valence-electron chi connectivity index (χ2n) is 7.65. The van der Waals surface area contributed by atoms with Crippen LogP contribution in [0.1, 0.15) is 15.9 Å². The molecule has 0 bridgehead atoms. The predicted octanol–water partition coefficient (Wildman–Crippen LogP) is 1.87. The maximum atomic E-state index is 12.4. The fraction of sp³-hybridized carbons (Fsp3) is 0.273. The van der Waals surface area contributed by atoms with Crippen molar-refractivity contribution in [3.05, 3.63) is 69.8 Å². The first-order valence-corrected chi connectivity index (χ1v) is 11.7. The molecule has 0 spiro atoms. The van der Waals surface area contributed by atoms with Crippen LogP contribution in [0.3, 0.4) is 0 Å². The molecule has 1 aliphatic heterocycles. The largest absolute Gasteiger partial charge is 0.378 e.